The summed E-state index contributed by atoms with van der Waals surface area (Å²) in [4.78, 5) is 11.7. The number of piperidine rings is 1. The van der Waals surface area contributed by atoms with E-state index in [2.05, 4.69) is 41.9 Å². The second-order valence-electron chi connectivity index (χ2n) is 5.65. The Kier molecular flexibility index (Phi) is 3.13. The van der Waals surface area contributed by atoms with Crippen LogP contribution in [0, 0.1) is 13.8 Å². The predicted molar refractivity (Wildman–Crippen MR) is 79.7 cm³/mol. The monoisotopic (exact) mass is 255 g/mol. The molecule has 0 spiro atoms. The normalized spacial score (nSPS) is 19.9. The fraction of sp³-hybridized carbons (Fsp3) is 0.500. The molecule has 1 saturated heterocycles. The summed E-state index contributed by atoms with van der Waals surface area (Å²) >= 11 is 0. The van der Waals surface area contributed by atoms with Gasteiger partial charge in [-0.1, -0.05) is 11.6 Å². The highest BCUT2D eigenvalue weighted by Gasteiger charge is 2.22. The lowest BCUT2D eigenvalue weighted by molar-refractivity contribution is 0.482. The average molecular weight is 255 g/mol. The largest absolute Gasteiger partial charge is 0.353 e. The van der Waals surface area contributed by atoms with E-state index >= 15 is 0 Å². The number of anilines is 1. The zero-order chi connectivity index (χ0) is 13.4. The molecule has 3 nitrogen and oxygen atoms in total. The first-order chi connectivity index (χ1) is 9.15. The third kappa shape index (κ3) is 2.29. The molecule has 3 heteroatoms. The number of fused-ring (bicyclic) bond motifs is 1. The van der Waals surface area contributed by atoms with Crippen molar-refractivity contribution in [3.05, 3.63) is 29.6 Å². The van der Waals surface area contributed by atoms with Crippen LogP contribution in [0.25, 0.3) is 10.9 Å². The molecule has 100 valence electrons. The zero-order valence-electron chi connectivity index (χ0n) is 12.0. The molecule has 1 aromatic carbocycles. The summed E-state index contributed by atoms with van der Waals surface area (Å²) in [6, 6.07) is 7.02. The van der Waals surface area contributed by atoms with Gasteiger partial charge in [0.25, 0.3) is 0 Å². The lowest BCUT2D eigenvalue weighted by Crippen LogP contribution is -2.38. The topological polar surface area (TPSA) is 29.0 Å². The number of benzene rings is 1. The number of aryl methyl sites for hydroxylation is 2. The number of rotatable bonds is 1. The first-order valence-corrected chi connectivity index (χ1v) is 7.17. The van der Waals surface area contributed by atoms with Gasteiger partial charge >= 0.3 is 0 Å². The first-order valence-electron chi connectivity index (χ1n) is 7.17. The van der Waals surface area contributed by atoms with Crippen LogP contribution in [-0.4, -0.2) is 22.6 Å². The van der Waals surface area contributed by atoms with Crippen LogP contribution in [-0.2, 0) is 0 Å². The standard InChI is InChI=1S/C16H21N3/c1-11-7-8-15-14(10-11)16(18-13(3)17-15)19-9-5-4-6-12(19)2/h7-8,10,12H,4-6,9H2,1-3H3/t12-/m0/s1. The summed E-state index contributed by atoms with van der Waals surface area (Å²) < 4.78 is 0. The van der Waals surface area contributed by atoms with Crippen molar-refractivity contribution in [2.24, 2.45) is 0 Å². The van der Waals surface area contributed by atoms with Gasteiger partial charge < -0.3 is 4.90 Å². The highest BCUT2D eigenvalue weighted by Crippen LogP contribution is 2.29. The molecule has 0 bridgehead atoms. The molecule has 0 amide bonds. The minimum atomic E-state index is 0.576. The summed E-state index contributed by atoms with van der Waals surface area (Å²) in [5.41, 5.74) is 2.33. The van der Waals surface area contributed by atoms with E-state index in [1.165, 1.54) is 30.2 Å². The van der Waals surface area contributed by atoms with E-state index in [1.807, 2.05) is 6.92 Å². The maximum atomic E-state index is 4.73. The van der Waals surface area contributed by atoms with Crippen LogP contribution in [0.4, 0.5) is 5.82 Å². The van der Waals surface area contributed by atoms with Gasteiger partial charge in [0, 0.05) is 18.0 Å². The molecule has 0 aliphatic carbocycles. The third-order valence-electron chi connectivity index (χ3n) is 4.02. The molecule has 2 heterocycles. The Morgan fingerprint density at radius 3 is 2.79 bits per heavy atom. The van der Waals surface area contributed by atoms with E-state index in [0.717, 1.165) is 23.7 Å². The lowest BCUT2D eigenvalue weighted by atomic mass is 10.0. The van der Waals surface area contributed by atoms with Crippen LogP contribution < -0.4 is 4.90 Å². The Bertz CT molecular complexity index is 606. The van der Waals surface area contributed by atoms with Crippen LogP contribution >= 0.6 is 0 Å². The molecule has 1 aliphatic rings. The van der Waals surface area contributed by atoms with Crippen LogP contribution in [0.3, 0.4) is 0 Å². The quantitative estimate of drug-likeness (QED) is 0.779. The van der Waals surface area contributed by atoms with Gasteiger partial charge in [-0.05, 0) is 52.2 Å². The number of hydrogen-bond acceptors (Lipinski definition) is 3. The molecule has 0 N–H and O–H groups in total. The molecule has 2 aromatic rings. The second kappa shape index (κ2) is 4.80. The molecular formula is C16H21N3. The van der Waals surface area contributed by atoms with Gasteiger partial charge in [-0.15, -0.1) is 0 Å². The van der Waals surface area contributed by atoms with Crippen molar-refractivity contribution >= 4 is 16.7 Å². The van der Waals surface area contributed by atoms with Crippen LogP contribution in [0.1, 0.15) is 37.6 Å². The second-order valence-corrected chi connectivity index (χ2v) is 5.65. The van der Waals surface area contributed by atoms with Gasteiger partial charge in [0.05, 0.1) is 5.52 Å². The van der Waals surface area contributed by atoms with Crippen molar-refractivity contribution in [3.8, 4) is 0 Å². The molecular weight excluding hydrogens is 234 g/mol. The van der Waals surface area contributed by atoms with Crippen LogP contribution in [0.2, 0.25) is 0 Å². The van der Waals surface area contributed by atoms with Crippen LogP contribution in [0.5, 0.6) is 0 Å². The molecule has 1 aliphatic heterocycles. The smallest absolute Gasteiger partial charge is 0.140 e. The van der Waals surface area contributed by atoms with Gasteiger partial charge in [0.2, 0.25) is 0 Å². The fourth-order valence-electron chi connectivity index (χ4n) is 2.97. The van der Waals surface area contributed by atoms with Crippen molar-refractivity contribution in [3.63, 3.8) is 0 Å². The number of nitrogens with zero attached hydrogens (tertiary/aromatic N) is 3. The van der Waals surface area contributed by atoms with Crippen molar-refractivity contribution in [1.82, 2.24) is 9.97 Å². The number of aromatic nitrogens is 2. The van der Waals surface area contributed by atoms with Gasteiger partial charge in [0.15, 0.2) is 0 Å². The Labute approximate surface area is 114 Å². The lowest BCUT2D eigenvalue weighted by Gasteiger charge is -2.35. The minimum Gasteiger partial charge on any atom is -0.353 e. The fourth-order valence-corrected chi connectivity index (χ4v) is 2.97. The third-order valence-corrected chi connectivity index (χ3v) is 4.02. The van der Waals surface area contributed by atoms with E-state index in [0.29, 0.717) is 6.04 Å². The van der Waals surface area contributed by atoms with Gasteiger partial charge in [-0.2, -0.15) is 0 Å². The van der Waals surface area contributed by atoms with E-state index in [4.69, 9.17) is 4.98 Å². The van der Waals surface area contributed by atoms with Gasteiger partial charge in [-0.25, -0.2) is 9.97 Å². The Hall–Kier alpha value is -1.64. The highest BCUT2D eigenvalue weighted by atomic mass is 15.2. The van der Waals surface area contributed by atoms with E-state index in [1.54, 1.807) is 0 Å². The Morgan fingerprint density at radius 1 is 1.16 bits per heavy atom. The number of hydrogen-bond donors (Lipinski definition) is 0. The SMILES string of the molecule is Cc1ccc2nc(C)nc(N3CCCC[C@@H]3C)c2c1. The minimum absolute atomic E-state index is 0.576. The summed E-state index contributed by atoms with van der Waals surface area (Å²) in [5, 5.41) is 1.19. The maximum Gasteiger partial charge on any atom is 0.140 e. The van der Waals surface area contributed by atoms with Crippen molar-refractivity contribution < 1.29 is 0 Å². The summed E-state index contributed by atoms with van der Waals surface area (Å²) in [5.74, 6) is 1.99. The van der Waals surface area contributed by atoms with Crippen LogP contribution in [0.15, 0.2) is 18.2 Å². The Balaban J connectivity index is 2.18. The first kappa shape index (κ1) is 12.4. The Morgan fingerprint density at radius 2 is 2.00 bits per heavy atom. The zero-order valence-corrected chi connectivity index (χ0v) is 12.0. The predicted octanol–water partition coefficient (Wildman–Crippen LogP) is 3.63. The average Bonchev–Trinajstić information content (AvgIpc) is 2.39. The molecule has 3 rings (SSSR count). The van der Waals surface area contributed by atoms with Gasteiger partial charge in [0.1, 0.15) is 11.6 Å². The maximum absolute atomic E-state index is 4.73. The molecule has 19 heavy (non-hydrogen) atoms. The van der Waals surface area contributed by atoms with Crippen molar-refractivity contribution in [2.45, 2.75) is 46.1 Å². The summed E-state index contributed by atoms with van der Waals surface area (Å²) in [7, 11) is 0. The summed E-state index contributed by atoms with van der Waals surface area (Å²) in [6.45, 7) is 7.53. The molecule has 0 radical (unpaired) electrons. The molecule has 1 atom stereocenters. The van der Waals surface area contributed by atoms with E-state index in [-0.39, 0.29) is 0 Å². The highest BCUT2D eigenvalue weighted by molar-refractivity contribution is 5.90. The van der Waals surface area contributed by atoms with E-state index < -0.39 is 0 Å². The molecule has 1 fully saturated rings. The van der Waals surface area contributed by atoms with Crippen molar-refractivity contribution in [1.29, 1.82) is 0 Å². The van der Waals surface area contributed by atoms with Crippen molar-refractivity contribution in [2.75, 3.05) is 11.4 Å². The summed E-state index contributed by atoms with van der Waals surface area (Å²) in [6.07, 6.45) is 3.86. The molecule has 0 unspecified atom stereocenters. The van der Waals surface area contributed by atoms with E-state index in [9.17, 15) is 0 Å². The molecule has 1 aromatic heterocycles. The van der Waals surface area contributed by atoms with Gasteiger partial charge in [-0.3, -0.25) is 0 Å². The molecule has 0 saturated carbocycles.